The highest BCUT2D eigenvalue weighted by atomic mass is 16.4. The number of amides is 2. The smallest absolute Gasteiger partial charge is 0.303 e. The Kier molecular flexibility index (Phi) is 5.53. The Morgan fingerprint density at radius 1 is 1.05 bits per heavy atom. The number of nitrogens with one attached hydrogen (secondary N) is 2. The summed E-state index contributed by atoms with van der Waals surface area (Å²) in [6.45, 7) is 0. The molecule has 0 atom stereocenters. The Labute approximate surface area is 110 Å². The second kappa shape index (κ2) is 7.15. The van der Waals surface area contributed by atoms with Gasteiger partial charge in [0.1, 0.15) is 0 Å². The fraction of sp³-hybridized carbons (Fsp3) is 0.308. The van der Waals surface area contributed by atoms with Crippen LogP contribution in [0.4, 0.5) is 5.69 Å². The van der Waals surface area contributed by atoms with Crippen LogP contribution in [0.1, 0.15) is 18.4 Å². The van der Waals surface area contributed by atoms with Crippen molar-refractivity contribution in [2.45, 2.75) is 19.3 Å². The number of rotatable bonds is 6. The molecule has 0 aliphatic heterocycles. The standard InChI is InChI=1S/C13H16N2O4/c1-14-12(17)8-9-2-4-10(5-3-9)15-11(16)6-7-13(18)19/h2-5H,6-8H2,1H3,(H,14,17)(H,15,16)(H,18,19). The van der Waals surface area contributed by atoms with Crippen LogP contribution >= 0.6 is 0 Å². The molecule has 0 heterocycles. The molecule has 0 bridgehead atoms. The van der Waals surface area contributed by atoms with Gasteiger partial charge in [0.15, 0.2) is 0 Å². The molecule has 0 aliphatic carbocycles. The van der Waals surface area contributed by atoms with Gasteiger partial charge in [-0.05, 0) is 17.7 Å². The number of likely N-dealkylation sites (N-methyl/N-ethyl adjacent to an activating group) is 1. The third-order valence-electron chi connectivity index (χ3n) is 2.45. The van der Waals surface area contributed by atoms with Crippen LogP contribution in [-0.4, -0.2) is 29.9 Å². The maximum Gasteiger partial charge on any atom is 0.303 e. The fourth-order valence-electron chi connectivity index (χ4n) is 1.42. The molecule has 0 aromatic heterocycles. The minimum Gasteiger partial charge on any atom is -0.481 e. The predicted octanol–water partition coefficient (Wildman–Crippen LogP) is 0.778. The van der Waals surface area contributed by atoms with Crippen molar-refractivity contribution in [2.24, 2.45) is 0 Å². The number of hydrogen-bond donors (Lipinski definition) is 3. The second-order valence-corrected chi connectivity index (χ2v) is 3.99. The van der Waals surface area contributed by atoms with E-state index in [0.717, 1.165) is 5.56 Å². The van der Waals surface area contributed by atoms with Crippen LogP contribution in [0.15, 0.2) is 24.3 Å². The van der Waals surface area contributed by atoms with Gasteiger partial charge in [-0.3, -0.25) is 14.4 Å². The molecule has 0 fully saturated rings. The Bertz CT molecular complexity index is 468. The lowest BCUT2D eigenvalue weighted by molar-refractivity contribution is -0.138. The van der Waals surface area contributed by atoms with Gasteiger partial charge in [0.05, 0.1) is 12.8 Å². The number of carboxylic acids is 1. The molecule has 19 heavy (non-hydrogen) atoms. The average Bonchev–Trinajstić information content (AvgIpc) is 2.38. The van der Waals surface area contributed by atoms with Crippen LogP contribution in [0.2, 0.25) is 0 Å². The minimum atomic E-state index is -1.00. The summed E-state index contributed by atoms with van der Waals surface area (Å²) in [5.41, 5.74) is 1.42. The van der Waals surface area contributed by atoms with E-state index in [1.807, 2.05) is 0 Å². The number of carboxylic acid groups (broad SMARTS) is 1. The largest absolute Gasteiger partial charge is 0.481 e. The summed E-state index contributed by atoms with van der Waals surface area (Å²) >= 11 is 0. The summed E-state index contributed by atoms with van der Waals surface area (Å²) in [4.78, 5) is 32.9. The van der Waals surface area contributed by atoms with E-state index >= 15 is 0 Å². The minimum absolute atomic E-state index is 0.0602. The lowest BCUT2D eigenvalue weighted by Gasteiger charge is -2.05. The summed E-state index contributed by atoms with van der Waals surface area (Å²) in [6.07, 6.45) is 0.0274. The number of carbonyl (C=O) groups is 3. The molecular formula is C13H16N2O4. The first kappa shape index (κ1) is 14.7. The zero-order chi connectivity index (χ0) is 14.3. The van der Waals surface area contributed by atoms with E-state index in [4.69, 9.17) is 5.11 Å². The molecule has 102 valence electrons. The molecule has 0 unspecified atom stereocenters. The van der Waals surface area contributed by atoms with Crippen molar-refractivity contribution in [3.63, 3.8) is 0 Å². The Morgan fingerprint density at radius 2 is 1.68 bits per heavy atom. The van der Waals surface area contributed by atoms with Gasteiger partial charge >= 0.3 is 5.97 Å². The molecule has 0 spiro atoms. The predicted molar refractivity (Wildman–Crippen MR) is 69.7 cm³/mol. The first-order chi connectivity index (χ1) is 9.01. The number of aliphatic carboxylic acids is 1. The third-order valence-corrected chi connectivity index (χ3v) is 2.45. The highest BCUT2D eigenvalue weighted by Gasteiger charge is 2.06. The second-order valence-electron chi connectivity index (χ2n) is 3.99. The average molecular weight is 264 g/mol. The van der Waals surface area contributed by atoms with Crippen LogP contribution in [0, 0.1) is 0 Å². The van der Waals surface area contributed by atoms with E-state index in [-0.39, 0.29) is 31.1 Å². The Hall–Kier alpha value is -2.37. The molecular weight excluding hydrogens is 248 g/mol. The molecule has 0 aliphatic rings. The van der Waals surface area contributed by atoms with Gasteiger partial charge in [-0.1, -0.05) is 12.1 Å². The van der Waals surface area contributed by atoms with Gasteiger partial charge < -0.3 is 15.7 Å². The van der Waals surface area contributed by atoms with Crippen LogP contribution in [0.5, 0.6) is 0 Å². The first-order valence-electron chi connectivity index (χ1n) is 5.82. The Balaban J connectivity index is 2.50. The molecule has 6 nitrogen and oxygen atoms in total. The van der Waals surface area contributed by atoms with E-state index in [0.29, 0.717) is 5.69 Å². The Morgan fingerprint density at radius 3 is 2.21 bits per heavy atom. The van der Waals surface area contributed by atoms with Crippen molar-refractivity contribution in [1.82, 2.24) is 5.32 Å². The SMILES string of the molecule is CNC(=O)Cc1ccc(NC(=O)CCC(=O)O)cc1. The summed E-state index contributed by atoms with van der Waals surface area (Å²) < 4.78 is 0. The summed E-state index contributed by atoms with van der Waals surface area (Å²) in [6, 6.07) is 6.83. The maximum atomic E-state index is 11.4. The molecule has 0 saturated carbocycles. The van der Waals surface area contributed by atoms with Crippen molar-refractivity contribution in [1.29, 1.82) is 0 Å². The highest BCUT2D eigenvalue weighted by molar-refractivity contribution is 5.92. The third kappa shape index (κ3) is 5.67. The van der Waals surface area contributed by atoms with E-state index in [9.17, 15) is 14.4 Å². The van der Waals surface area contributed by atoms with Gasteiger partial charge in [-0.15, -0.1) is 0 Å². The quantitative estimate of drug-likeness (QED) is 0.707. The zero-order valence-corrected chi connectivity index (χ0v) is 10.6. The van der Waals surface area contributed by atoms with Crippen LogP contribution in [0.3, 0.4) is 0 Å². The van der Waals surface area contributed by atoms with Gasteiger partial charge in [-0.2, -0.15) is 0 Å². The van der Waals surface area contributed by atoms with E-state index in [1.54, 1.807) is 31.3 Å². The molecule has 0 saturated heterocycles. The molecule has 6 heteroatoms. The van der Waals surface area contributed by atoms with Crippen LogP contribution in [0.25, 0.3) is 0 Å². The van der Waals surface area contributed by atoms with Gasteiger partial charge in [0, 0.05) is 19.2 Å². The highest BCUT2D eigenvalue weighted by Crippen LogP contribution is 2.10. The topological polar surface area (TPSA) is 95.5 Å². The molecule has 1 aromatic carbocycles. The lowest BCUT2D eigenvalue weighted by Crippen LogP contribution is -2.19. The number of hydrogen-bond acceptors (Lipinski definition) is 3. The van der Waals surface area contributed by atoms with Gasteiger partial charge in [0.25, 0.3) is 0 Å². The molecule has 2 amide bonds. The van der Waals surface area contributed by atoms with Gasteiger partial charge in [-0.25, -0.2) is 0 Å². The monoisotopic (exact) mass is 264 g/mol. The van der Waals surface area contributed by atoms with Crippen molar-refractivity contribution in [3.05, 3.63) is 29.8 Å². The van der Waals surface area contributed by atoms with Crippen molar-refractivity contribution in [2.75, 3.05) is 12.4 Å². The molecule has 3 N–H and O–H groups in total. The fourth-order valence-corrected chi connectivity index (χ4v) is 1.42. The number of carbonyl (C=O) groups excluding carboxylic acids is 2. The summed E-state index contributed by atoms with van der Waals surface area (Å²) in [5, 5.41) is 13.6. The van der Waals surface area contributed by atoms with E-state index < -0.39 is 5.97 Å². The van der Waals surface area contributed by atoms with E-state index in [1.165, 1.54) is 0 Å². The zero-order valence-electron chi connectivity index (χ0n) is 10.6. The number of anilines is 1. The van der Waals surface area contributed by atoms with Crippen LogP contribution < -0.4 is 10.6 Å². The number of benzene rings is 1. The summed E-state index contributed by atoms with van der Waals surface area (Å²) in [7, 11) is 1.57. The normalized spacial score (nSPS) is 9.74. The van der Waals surface area contributed by atoms with Crippen molar-refractivity contribution in [3.8, 4) is 0 Å². The molecule has 0 radical (unpaired) electrons. The summed E-state index contributed by atoms with van der Waals surface area (Å²) in [5.74, 6) is -1.43. The van der Waals surface area contributed by atoms with Gasteiger partial charge in [0.2, 0.25) is 11.8 Å². The van der Waals surface area contributed by atoms with E-state index in [2.05, 4.69) is 10.6 Å². The van der Waals surface area contributed by atoms with Crippen molar-refractivity contribution < 1.29 is 19.5 Å². The molecule has 1 aromatic rings. The lowest BCUT2D eigenvalue weighted by atomic mass is 10.1. The maximum absolute atomic E-state index is 11.4. The van der Waals surface area contributed by atoms with Crippen LogP contribution in [-0.2, 0) is 20.8 Å². The first-order valence-corrected chi connectivity index (χ1v) is 5.82. The molecule has 1 rings (SSSR count). The van der Waals surface area contributed by atoms with Crippen molar-refractivity contribution >= 4 is 23.5 Å².